The van der Waals surface area contributed by atoms with Crippen LogP contribution in [0.15, 0.2) is 24.3 Å². The third kappa shape index (κ3) is 3.73. The van der Waals surface area contributed by atoms with E-state index in [0.29, 0.717) is 17.1 Å². The number of benzene rings is 1. The van der Waals surface area contributed by atoms with E-state index in [1.54, 1.807) is 19.2 Å². The van der Waals surface area contributed by atoms with Crippen molar-refractivity contribution in [1.29, 1.82) is 0 Å². The number of methoxy groups -OCH3 is 1. The molecule has 1 aromatic heterocycles. The maximum absolute atomic E-state index is 12.5. The van der Waals surface area contributed by atoms with Crippen molar-refractivity contribution in [2.45, 2.75) is 26.2 Å². The molecule has 0 fully saturated rings. The number of hydrogen-bond donors (Lipinski definition) is 2. The predicted octanol–water partition coefficient (Wildman–Crippen LogP) is 2.68. The summed E-state index contributed by atoms with van der Waals surface area (Å²) in [5, 5.41) is 16.2. The molecule has 2 aromatic rings. The average Bonchev–Trinajstić information content (AvgIpc) is 2.89. The molecular weight excluding hydrogens is 310 g/mol. The van der Waals surface area contributed by atoms with E-state index in [2.05, 4.69) is 10.4 Å². The van der Waals surface area contributed by atoms with Crippen LogP contribution in [0.25, 0.3) is 0 Å². The zero-order valence-corrected chi connectivity index (χ0v) is 14.4. The Labute approximate surface area is 140 Å². The molecule has 128 valence electrons. The summed E-state index contributed by atoms with van der Waals surface area (Å²) >= 11 is 0. The van der Waals surface area contributed by atoms with Crippen molar-refractivity contribution >= 4 is 17.6 Å². The quantitative estimate of drug-likeness (QED) is 0.898. The predicted molar refractivity (Wildman–Crippen MR) is 89.8 cm³/mol. The summed E-state index contributed by atoms with van der Waals surface area (Å²) in [6.07, 6.45) is 0. The molecule has 1 aromatic carbocycles. The molecule has 1 amide bonds. The van der Waals surface area contributed by atoms with Crippen molar-refractivity contribution in [1.82, 2.24) is 9.78 Å². The third-order valence-corrected chi connectivity index (χ3v) is 3.53. The molecule has 0 unspecified atom stereocenters. The Bertz CT molecular complexity index is 788. The van der Waals surface area contributed by atoms with E-state index in [9.17, 15) is 9.59 Å². The first-order valence-corrected chi connectivity index (χ1v) is 7.40. The van der Waals surface area contributed by atoms with Crippen LogP contribution in [0.3, 0.4) is 0 Å². The highest BCUT2D eigenvalue weighted by molar-refractivity contribution is 6.04. The SMILES string of the molecule is COc1cc(NC(=O)c2cc(C(C)(C)C)nn2C)cc(C(=O)O)c1. The van der Waals surface area contributed by atoms with Crippen LogP contribution in [-0.2, 0) is 12.5 Å². The molecule has 0 saturated carbocycles. The number of carboxylic acids is 1. The van der Waals surface area contributed by atoms with E-state index in [1.165, 1.54) is 23.9 Å². The summed E-state index contributed by atoms with van der Waals surface area (Å²) in [5.41, 5.74) is 1.38. The highest BCUT2D eigenvalue weighted by atomic mass is 16.5. The fraction of sp³-hybridized carbons (Fsp3) is 0.353. The second-order valence-corrected chi connectivity index (χ2v) is 6.50. The zero-order chi connectivity index (χ0) is 18.1. The minimum absolute atomic E-state index is 0.0324. The molecule has 2 rings (SSSR count). The third-order valence-electron chi connectivity index (χ3n) is 3.53. The molecule has 0 aliphatic carbocycles. The molecule has 1 heterocycles. The number of amides is 1. The summed E-state index contributed by atoms with van der Waals surface area (Å²) in [6.45, 7) is 6.04. The Morgan fingerprint density at radius 2 is 1.88 bits per heavy atom. The standard InChI is InChI=1S/C17H21N3O4/c1-17(2,3)14-9-13(20(4)19-14)15(21)18-11-6-10(16(22)23)7-12(8-11)24-5/h6-9H,1-5H3,(H,18,21)(H,22,23). The topological polar surface area (TPSA) is 93.5 Å². The van der Waals surface area contributed by atoms with Crippen LogP contribution < -0.4 is 10.1 Å². The first-order chi connectivity index (χ1) is 11.1. The molecule has 0 atom stereocenters. The van der Waals surface area contributed by atoms with Gasteiger partial charge in [-0.1, -0.05) is 20.8 Å². The number of hydrogen-bond acceptors (Lipinski definition) is 4. The van der Waals surface area contributed by atoms with Gasteiger partial charge in [-0.25, -0.2) is 4.79 Å². The van der Waals surface area contributed by atoms with Gasteiger partial charge in [0.2, 0.25) is 0 Å². The minimum Gasteiger partial charge on any atom is -0.497 e. The van der Waals surface area contributed by atoms with E-state index >= 15 is 0 Å². The van der Waals surface area contributed by atoms with Gasteiger partial charge in [0.25, 0.3) is 5.91 Å². The zero-order valence-electron chi connectivity index (χ0n) is 14.4. The minimum atomic E-state index is -1.10. The highest BCUT2D eigenvalue weighted by Crippen LogP contribution is 2.24. The second kappa shape index (κ2) is 6.35. The van der Waals surface area contributed by atoms with Gasteiger partial charge < -0.3 is 15.2 Å². The number of rotatable bonds is 4. The molecule has 0 bridgehead atoms. The number of nitrogens with zero attached hydrogens (tertiary/aromatic N) is 2. The lowest BCUT2D eigenvalue weighted by Crippen LogP contribution is -2.16. The van der Waals surface area contributed by atoms with Crippen LogP contribution >= 0.6 is 0 Å². The van der Waals surface area contributed by atoms with E-state index in [4.69, 9.17) is 9.84 Å². The lowest BCUT2D eigenvalue weighted by atomic mass is 9.92. The van der Waals surface area contributed by atoms with Crippen LogP contribution in [-0.4, -0.2) is 33.9 Å². The maximum atomic E-state index is 12.5. The number of aryl methyl sites for hydroxylation is 1. The Morgan fingerprint density at radius 3 is 2.38 bits per heavy atom. The molecule has 0 spiro atoms. The lowest BCUT2D eigenvalue weighted by Gasteiger charge is -2.13. The van der Waals surface area contributed by atoms with Gasteiger partial charge in [0.1, 0.15) is 11.4 Å². The first kappa shape index (κ1) is 17.5. The number of anilines is 1. The number of ether oxygens (including phenoxy) is 1. The van der Waals surface area contributed by atoms with Gasteiger partial charge in [-0.3, -0.25) is 9.48 Å². The monoisotopic (exact) mass is 331 g/mol. The van der Waals surface area contributed by atoms with Gasteiger partial charge >= 0.3 is 5.97 Å². The summed E-state index contributed by atoms with van der Waals surface area (Å²) in [6, 6.07) is 6.06. The summed E-state index contributed by atoms with van der Waals surface area (Å²) in [5.74, 6) is -1.12. The Morgan fingerprint density at radius 1 is 1.21 bits per heavy atom. The number of carboxylic acid groups (broad SMARTS) is 1. The van der Waals surface area contributed by atoms with Crippen LogP contribution in [0.2, 0.25) is 0 Å². The lowest BCUT2D eigenvalue weighted by molar-refractivity contribution is 0.0696. The van der Waals surface area contributed by atoms with E-state index in [-0.39, 0.29) is 16.9 Å². The van der Waals surface area contributed by atoms with Crippen LogP contribution in [0.5, 0.6) is 5.75 Å². The van der Waals surface area contributed by atoms with Crippen molar-refractivity contribution in [3.63, 3.8) is 0 Å². The largest absolute Gasteiger partial charge is 0.497 e. The Hall–Kier alpha value is -2.83. The molecule has 2 N–H and O–H groups in total. The fourth-order valence-corrected chi connectivity index (χ4v) is 2.15. The van der Waals surface area contributed by atoms with Gasteiger partial charge in [0, 0.05) is 24.2 Å². The number of nitrogens with one attached hydrogen (secondary N) is 1. The van der Waals surface area contributed by atoms with Gasteiger partial charge in [-0.05, 0) is 18.2 Å². The normalized spacial score (nSPS) is 11.2. The summed E-state index contributed by atoms with van der Waals surface area (Å²) in [7, 11) is 3.13. The van der Waals surface area contributed by atoms with Gasteiger partial charge in [-0.15, -0.1) is 0 Å². The van der Waals surface area contributed by atoms with Gasteiger partial charge in [0.05, 0.1) is 18.4 Å². The second-order valence-electron chi connectivity index (χ2n) is 6.50. The molecule has 0 aliphatic heterocycles. The van der Waals surface area contributed by atoms with Crippen molar-refractivity contribution < 1.29 is 19.4 Å². The van der Waals surface area contributed by atoms with Crippen molar-refractivity contribution in [2.75, 3.05) is 12.4 Å². The van der Waals surface area contributed by atoms with E-state index in [1.807, 2.05) is 20.8 Å². The van der Waals surface area contributed by atoms with Crippen molar-refractivity contribution in [3.8, 4) is 5.75 Å². The average molecular weight is 331 g/mol. The molecule has 7 heteroatoms. The highest BCUT2D eigenvalue weighted by Gasteiger charge is 2.22. The number of carbonyl (C=O) groups is 2. The van der Waals surface area contributed by atoms with Crippen LogP contribution in [0.1, 0.15) is 47.3 Å². The smallest absolute Gasteiger partial charge is 0.335 e. The van der Waals surface area contributed by atoms with Crippen molar-refractivity contribution in [3.05, 3.63) is 41.2 Å². The summed E-state index contributed by atoms with van der Waals surface area (Å²) < 4.78 is 6.58. The number of aromatic carboxylic acids is 1. The first-order valence-electron chi connectivity index (χ1n) is 7.40. The van der Waals surface area contributed by atoms with E-state index in [0.717, 1.165) is 5.69 Å². The summed E-state index contributed by atoms with van der Waals surface area (Å²) in [4.78, 5) is 23.7. The molecule has 24 heavy (non-hydrogen) atoms. The molecule has 0 aliphatic rings. The van der Waals surface area contributed by atoms with Crippen LogP contribution in [0.4, 0.5) is 5.69 Å². The Balaban J connectivity index is 2.32. The van der Waals surface area contributed by atoms with Gasteiger partial charge in [0.15, 0.2) is 0 Å². The molecule has 0 saturated heterocycles. The fourth-order valence-electron chi connectivity index (χ4n) is 2.15. The molecular formula is C17H21N3O4. The van der Waals surface area contributed by atoms with Crippen LogP contribution in [0, 0.1) is 0 Å². The number of carbonyl (C=O) groups excluding carboxylic acids is 1. The van der Waals surface area contributed by atoms with E-state index < -0.39 is 5.97 Å². The molecule has 7 nitrogen and oxygen atoms in total. The number of aromatic nitrogens is 2. The van der Waals surface area contributed by atoms with Crippen molar-refractivity contribution in [2.24, 2.45) is 7.05 Å². The maximum Gasteiger partial charge on any atom is 0.335 e. The van der Waals surface area contributed by atoms with Gasteiger partial charge in [-0.2, -0.15) is 5.10 Å². The molecule has 0 radical (unpaired) electrons. The Kier molecular flexibility index (Phi) is 4.64.